The largest absolute Gasteiger partial charge is 0.370 e. The van der Waals surface area contributed by atoms with Crippen LogP contribution in [-0.4, -0.2) is 37.0 Å². The van der Waals surface area contributed by atoms with Gasteiger partial charge in [0.15, 0.2) is 5.96 Å². The van der Waals surface area contributed by atoms with Crippen molar-refractivity contribution in [1.82, 2.24) is 4.90 Å². The van der Waals surface area contributed by atoms with Crippen LogP contribution in [0, 0.1) is 5.92 Å². The molecule has 0 saturated carbocycles. The summed E-state index contributed by atoms with van der Waals surface area (Å²) in [4.78, 5) is 6.34. The maximum atomic E-state index is 5.21. The van der Waals surface area contributed by atoms with Crippen LogP contribution in [0.4, 0.5) is 0 Å². The first-order chi connectivity index (χ1) is 5.68. The van der Waals surface area contributed by atoms with Gasteiger partial charge in [-0.3, -0.25) is 4.99 Å². The summed E-state index contributed by atoms with van der Waals surface area (Å²) in [6.07, 6.45) is 1.31. The minimum atomic E-state index is 0.197. The van der Waals surface area contributed by atoms with Crippen LogP contribution in [0.15, 0.2) is 4.99 Å². The molecule has 1 heterocycles. The minimum absolute atomic E-state index is 0.197. The van der Waals surface area contributed by atoms with Crippen LogP contribution in [-0.2, 0) is 0 Å². The molecule has 1 aliphatic rings. The number of nitrogens with zero attached hydrogens (tertiary/aromatic N) is 2. The van der Waals surface area contributed by atoms with Gasteiger partial charge in [0.1, 0.15) is 0 Å². The zero-order valence-corrected chi connectivity index (χ0v) is 7.66. The fourth-order valence-corrected chi connectivity index (χ4v) is 1.55. The number of hydrogen-bond donors (Lipinski definition) is 2. The molecule has 0 amide bonds. The first-order valence-corrected chi connectivity index (χ1v) is 4.46. The molecular formula is C8H18N4. The number of likely N-dealkylation sites (tertiary alicyclic amines) is 1. The molecule has 0 aromatic carbocycles. The van der Waals surface area contributed by atoms with E-state index in [1.807, 2.05) is 0 Å². The first kappa shape index (κ1) is 9.32. The Kier molecular flexibility index (Phi) is 3.34. The van der Waals surface area contributed by atoms with E-state index in [9.17, 15) is 0 Å². The first-order valence-electron chi connectivity index (χ1n) is 4.46. The van der Waals surface area contributed by atoms with Gasteiger partial charge in [-0.1, -0.05) is 6.92 Å². The Hall–Kier alpha value is -0.770. The Labute approximate surface area is 73.6 Å². The zero-order valence-electron chi connectivity index (χ0n) is 7.66. The summed E-state index contributed by atoms with van der Waals surface area (Å²) < 4.78 is 0. The van der Waals surface area contributed by atoms with Crippen LogP contribution in [0.2, 0.25) is 0 Å². The van der Waals surface area contributed by atoms with Gasteiger partial charge < -0.3 is 16.4 Å². The SMILES string of the molecule is CC1CCN(CCN=C(N)N)C1. The Morgan fingerprint density at radius 2 is 2.33 bits per heavy atom. The summed E-state index contributed by atoms with van der Waals surface area (Å²) in [6.45, 7) is 6.39. The Balaban J connectivity index is 2.12. The molecule has 1 unspecified atom stereocenters. The smallest absolute Gasteiger partial charge is 0.185 e. The predicted molar refractivity (Wildman–Crippen MR) is 50.9 cm³/mol. The van der Waals surface area contributed by atoms with Gasteiger partial charge in [0.2, 0.25) is 0 Å². The fraction of sp³-hybridized carbons (Fsp3) is 0.875. The van der Waals surface area contributed by atoms with E-state index in [2.05, 4.69) is 16.8 Å². The lowest BCUT2D eigenvalue weighted by Crippen LogP contribution is -2.27. The van der Waals surface area contributed by atoms with Gasteiger partial charge in [-0.2, -0.15) is 0 Å². The summed E-state index contributed by atoms with van der Waals surface area (Å²) >= 11 is 0. The highest BCUT2D eigenvalue weighted by Gasteiger charge is 2.17. The van der Waals surface area contributed by atoms with Crippen molar-refractivity contribution < 1.29 is 0 Å². The van der Waals surface area contributed by atoms with Crippen LogP contribution in [0.3, 0.4) is 0 Å². The van der Waals surface area contributed by atoms with Crippen LogP contribution >= 0.6 is 0 Å². The van der Waals surface area contributed by atoms with E-state index in [1.54, 1.807) is 0 Å². The Morgan fingerprint density at radius 1 is 1.58 bits per heavy atom. The number of hydrogen-bond acceptors (Lipinski definition) is 2. The minimum Gasteiger partial charge on any atom is -0.370 e. The van der Waals surface area contributed by atoms with Gasteiger partial charge in [0, 0.05) is 13.1 Å². The van der Waals surface area contributed by atoms with Crippen molar-refractivity contribution in [1.29, 1.82) is 0 Å². The normalized spacial score (nSPS) is 24.2. The monoisotopic (exact) mass is 170 g/mol. The molecule has 4 nitrogen and oxygen atoms in total. The molecule has 70 valence electrons. The molecule has 0 aliphatic carbocycles. The highest BCUT2D eigenvalue weighted by molar-refractivity contribution is 5.75. The van der Waals surface area contributed by atoms with Crippen molar-refractivity contribution in [3.05, 3.63) is 0 Å². The van der Waals surface area contributed by atoms with Crippen LogP contribution in [0.5, 0.6) is 0 Å². The third-order valence-electron chi connectivity index (χ3n) is 2.22. The second-order valence-corrected chi connectivity index (χ2v) is 3.50. The molecular weight excluding hydrogens is 152 g/mol. The quantitative estimate of drug-likeness (QED) is 0.447. The van der Waals surface area contributed by atoms with Crippen molar-refractivity contribution in [3.8, 4) is 0 Å². The summed E-state index contributed by atoms with van der Waals surface area (Å²) in [7, 11) is 0. The molecule has 1 atom stereocenters. The van der Waals surface area contributed by atoms with E-state index in [4.69, 9.17) is 11.5 Å². The van der Waals surface area contributed by atoms with Gasteiger partial charge in [0.05, 0.1) is 6.54 Å². The second kappa shape index (κ2) is 4.30. The zero-order chi connectivity index (χ0) is 8.97. The molecule has 4 N–H and O–H groups in total. The molecule has 0 aromatic heterocycles. The van der Waals surface area contributed by atoms with E-state index in [1.165, 1.54) is 19.5 Å². The Morgan fingerprint density at radius 3 is 2.83 bits per heavy atom. The predicted octanol–water partition coefficient (Wildman–Crippen LogP) is -0.398. The topological polar surface area (TPSA) is 67.6 Å². The highest BCUT2D eigenvalue weighted by Crippen LogP contribution is 2.13. The molecule has 12 heavy (non-hydrogen) atoms. The van der Waals surface area contributed by atoms with E-state index < -0.39 is 0 Å². The van der Waals surface area contributed by atoms with E-state index in [0.717, 1.165) is 19.0 Å². The maximum absolute atomic E-state index is 5.21. The van der Waals surface area contributed by atoms with Gasteiger partial charge in [-0.15, -0.1) is 0 Å². The average molecular weight is 170 g/mol. The average Bonchev–Trinajstić information content (AvgIpc) is 2.35. The van der Waals surface area contributed by atoms with Gasteiger partial charge in [-0.05, 0) is 18.9 Å². The van der Waals surface area contributed by atoms with Crippen LogP contribution in [0.25, 0.3) is 0 Å². The lowest BCUT2D eigenvalue weighted by molar-refractivity contribution is 0.337. The molecule has 0 radical (unpaired) electrons. The third kappa shape index (κ3) is 3.09. The molecule has 4 heteroatoms. The van der Waals surface area contributed by atoms with E-state index in [-0.39, 0.29) is 5.96 Å². The number of aliphatic imine (C=N–C) groups is 1. The molecule has 0 spiro atoms. The number of nitrogens with two attached hydrogens (primary N) is 2. The molecule has 1 aliphatic heterocycles. The third-order valence-corrected chi connectivity index (χ3v) is 2.22. The molecule has 1 saturated heterocycles. The van der Waals surface area contributed by atoms with Crippen molar-refractivity contribution in [3.63, 3.8) is 0 Å². The number of guanidine groups is 1. The lowest BCUT2D eigenvalue weighted by Gasteiger charge is -2.12. The fourth-order valence-electron chi connectivity index (χ4n) is 1.55. The number of rotatable bonds is 3. The molecule has 0 aromatic rings. The summed E-state index contributed by atoms with van der Waals surface area (Å²) in [6, 6.07) is 0. The van der Waals surface area contributed by atoms with Crippen molar-refractivity contribution in [2.75, 3.05) is 26.2 Å². The van der Waals surface area contributed by atoms with Crippen LogP contribution in [0.1, 0.15) is 13.3 Å². The Bertz CT molecular complexity index is 162. The summed E-state index contributed by atoms with van der Waals surface area (Å²) in [5.74, 6) is 1.03. The van der Waals surface area contributed by atoms with Crippen molar-refractivity contribution >= 4 is 5.96 Å². The van der Waals surface area contributed by atoms with Gasteiger partial charge in [-0.25, -0.2) is 0 Å². The maximum Gasteiger partial charge on any atom is 0.185 e. The lowest BCUT2D eigenvalue weighted by atomic mass is 10.2. The summed E-state index contributed by atoms with van der Waals surface area (Å²) in [5, 5.41) is 0. The van der Waals surface area contributed by atoms with Crippen molar-refractivity contribution in [2.45, 2.75) is 13.3 Å². The van der Waals surface area contributed by atoms with E-state index in [0.29, 0.717) is 0 Å². The van der Waals surface area contributed by atoms with Crippen molar-refractivity contribution in [2.24, 2.45) is 22.4 Å². The molecule has 1 rings (SSSR count). The highest BCUT2D eigenvalue weighted by atomic mass is 15.2. The standard InChI is InChI=1S/C8H18N4/c1-7-2-4-12(6-7)5-3-11-8(9)10/h7H,2-6H2,1H3,(H4,9,10,11). The van der Waals surface area contributed by atoms with Gasteiger partial charge in [0.25, 0.3) is 0 Å². The molecule has 1 fully saturated rings. The van der Waals surface area contributed by atoms with Gasteiger partial charge >= 0.3 is 0 Å². The summed E-state index contributed by atoms with van der Waals surface area (Å²) in [5.41, 5.74) is 10.4. The van der Waals surface area contributed by atoms with Crippen LogP contribution < -0.4 is 11.5 Å². The van der Waals surface area contributed by atoms with E-state index >= 15 is 0 Å². The molecule has 0 bridgehead atoms. The second-order valence-electron chi connectivity index (χ2n) is 3.50.